The van der Waals surface area contributed by atoms with Crippen LogP contribution in [0.5, 0.6) is 5.75 Å². The molecular formula is C25H20N2O2. The monoisotopic (exact) mass is 380 g/mol. The Hall–Kier alpha value is -3.92. The Morgan fingerprint density at radius 1 is 0.793 bits per heavy atom. The van der Waals surface area contributed by atoms with E-state index < -0.39 is 0 Å². The predicted molar refractivity (Wildman–Crippen MR) is 117 cm³/mol. The Kier molecular flexibility index (Phi) is 5.34. The first-order valence-electron chi connectivity index (χ1n) is 9.31. The molecule has 4 nitrogen and oxygen atoms in total. The fourth-order valence-corrected chi connectivity index (χ4v) is 3.25. The van der Waals surface area contributed by atoms with Crippen LogP contribution in [0, 0.1) is 0 Å². The lowest BCUT2D eigenvalue weighted by Gasteiger charge is -2.07. The summed E-state index contributed by atoms with van der Waals surface area (Å²) in [5, 5.41) is 6.15. The highest BCUT2D eigenvalue weighted by atomic mass is 16.5. The lowest BCUT2D eigenvalue weighted by Crippen LogP contribution is -2.17. The van der Waals surface area contributed by atoms with Crippen LogP contribution in [0.2, 0.25) is 0 Å². The number of nitrogens with zero attached hydrogens (tertiary/aromatic N) is 1. The number of benzene rings is 4. The molecule has 0 aliphatic rings. The van der Waals surface area contributed by atoms with Gasteiger partial charge in [0.05, 0.1) is 13.3 Å². The van der Waals surface area contributed by atoms with E-state index in [4.69, 9.17) is 4.74 Å². The molecule has 0 fully saturated rings. The van der Waals surface area contributed by atoms with Gasteiger partial charge in [-0.1, -0.05) is 66.7 Å². The molecule has 0 saturated heterocycles. The van der Waals surface area contributed by atoms with Crippen molar-refractivity contribution in [2.45, 2.75) is 0 Å². The van der Waals surface area contributed by atoms with Crippen LogP contribution in [-0.2, 0) is 0 Å². The lowest BCUT2D eigenvalue weighted by atomic mass is 10.0. The molecule has 0 unspecified atom stereocenters. The molecule has 4 heteroatoms. The molecule has 4 rings (SSSR count). The fourth-order valence-electron chi connectivity index (χ4n) is 3.25. The maximum absolute atomic E-state index is 12.4. The molecule has 0 heterocycles. The Morgan fingerprint density at radius 3 is 2.17 bits per heavy atom. The Morgan fingerprint density at radius 2 is 1.45 bits per heavy atom. The number of nitrogens with one attached hydrogen (secondary N) is 1. The summed E-state index contributed by atoms with van der Waals surface area (Å²) < 4.78 is 5.41. The van der Waals surface area contributed by atoms with Crippen molar-refractivity contribution in [3.05, 3.63) is 102 Å². The molecule has 1 N–H and O–H groups in total. The summed E-state index contributed by atoms with van der Waals surface area (Å²) in [4.78, 5) is 12.4. The van der Waals surface area contributed by atoms with Gasteiger partial charge in [-0.05, 0) is 40.8 Å². The zero-order valence-corrected chi connectivity index (χ0v) is 16.0. The van der Waals surface area contributed by atoms with Crippen molar-refractivity contribution in [1.82, 2.24) is 5.43 Å². The van der Waals surface area contributed by atoms with Gasteiger partial charge in [-0.3, -0.25) is 4.79 Å². The Labute approximate surface area is 169 Å². The fraction of sp³-hybridized carbons (Fsp3) is 0.0400. The number of amides is 1. The molecule has 0 aromatic heterocycles. The zero-order chi connectivity index (χ0) is 20.1. The Bertz CT molecular complexity index is 1170. The smallest absolute Gasteiger partial charge is 0.271 e. The van der Waals surface area contributed by atoms with E-state index in [1.54, 1.807) is 25.5 Å². The highest BCUT2D eigenvalue weighted by Crippen LogP contribution is 2.27. The van der Waals surface area contributed by atoms with E-state index in [9.17, 15) is 4.79 Å². The quantitative estimate of drug-likeness (QED) is 0.378. The number of fused-ring (bicyclic) bond motifs is 1. The van der Waals surface area contributed by atoms with Gasteiger partial charge in [0.1, 0.15) is 5.75 Å². The van der Waals surface area contributed by atoms with E-state index in [1.807, 2.05) is 78.9 Å². The van der Waals surface area contributed by atoms with Crippen LogP contribution in [-0.4, -0.2) is 19.2 Å². The van der Waals surface area contributed by atoms with E-state index in [1.165, 1.54) is 0 Å². The van der Waals surface area contributed by atoms with E-state index >= 15 is 0 Å². The van der Waals surface area contributed by atoms with Crippen molar-refractivity contribution in [2.75, 3.05) is 7.11 Å². The summed E-state index contributed by atoms with van der Waals surface area (Å²) >= 11 is 0. The molecule has 0 bridgehead atoms. The lowest BCUT2D eigenvalue weighted by molar-refractivity contribution is 0.0955. The van der Waals surface area contributed by atoms with Crippen molar-refractivity contribution in [3.8, 4) is 16.9 Å². The van der Waals surface area contributed by atoms with Gasteiger partial charge < -0.3 is 4.74 Å². The van der Waals surface area contributed by atoms with E-state index in [-0.39, 0.29) is 5.91 Å². The summed E-state index contributed by atoms with van der Waals surface area (Å²) in [6.45, 7) is 0. The number of methoxy groups -OCH3 is 1. The number of rotatable bonds is 5. The first kappa shape index (κ1) is 18.4. The molecule has 1 amide bonds. The van der Waals surface area contributed by atoms with Crippen LogP contribution < -0.4 is 10.2 Å². The summed E-state index contributed by atoms with van der Waals surface area (Å²) in [5.74, 6) is 0.555. The highest BCUT2D eigenvalue weighted by Gasteiger charge is 2.06. The normalized spacial score (nSPS) is 10.9. The number of carbonyl (C=O) groups is 1. The molecule has 4 aromatic rings. The topological polar surface area (TPSA) is 50.7 Å². The maximum Gasteiger partial charge on any atom is 0.271 e. The average molecular weight is 380 g/mol. The van der Waals surface area contributed by atoms with Gasteiger partial charge in [-0.15, -0.1) is 0 Å². The molecule has 0 aliphatic heterocycles. The minimum absolute atomic E-state index is 0.251. The van der Waals surface area contributed by atoms with Crippen molar-refractivity contribution < 1.29 is 9.53 Å². The summed E-state index contributed by atoms with van der Waals surface area (Å²) in [7, 11) is 1.65. The highest BCUT2D eigenvalue weighted by molar-refractivity contribution is 6.03. The number of hydrogen-bond acceptors (Lipinski definition) is 3. The van der Waals surface area contributed by atoms with Crippen molar-refractivity contribution in [2.24, 2.45) is 5.10 Å². The molecule has 0 aliphatic carbocycles. The van der Waals surface area contributed by atoms with Gasteiger partial charge in [0.25, 0.3) is 5.91 Å². The van der Waals surface area contributed by atoms with E-state index in [0.29, 0.717) is 5.56 Å². The second kappa shape index (κ2) is 8.40. The van der Waals surface area contributed by atoms with Crippen molar-refractivity contribution in [3.63, 3.8) is 0 Å². The van der Waals surface area contributed by atoms with Crippen molar-refractivity contribution in [1.29, 1.82) is 0 Å². The van der Waals surface area contributed by atoms with Crippen LogP contribution in [0.15, 0.2) is 96.1 Å². The van der Waals surface area contributed by atoms with Gasteiger partial charge >= 0.3 is 0 Å². The molecule has 142 valence electrons. The first-order chi connectivity index (χ1) is 14.3. The largest absolute Gasteiger partial charge is 0.496 e. The van der Waals surface area contributed by atoms with Crippen LogP contribution in [0.3, 0.4) is 0 Å². The maximum atomic E-state index is 12.4. The molecular weight excluding hydrogens is 360 g/mol. The number of hydrazone groups is 1. The van der Waals surface area contributed by atoms with Gasteiger partial charge in [-0.2, -0.15) is 5.10 Å². The third kappa shape index (κ3) is 4.01. The number of carbonyl (C=O) groups excluding carboxylic acids is 1. The van der Waals surface area contributed by atoms with Crippen molar-refractivity contribution >= 4 is 22.9 Å². The van der Waals surface area contributed by atoms with Gasteiger partial charge in [0.2, 0.25) is 0 Å². The standard InChI is InChI=1S/C25H20N2O2/c1-29-24-16-15-21(22-9-5-6-10-23(22)24)17-26-27-25(28)20-13-11-19(12-14-20)18-7-3-2-4-8-18/h2-17H,1H3,(H,27,28)/b26-17-. The average Bonchev–Trinajstić information content (AvgIpc) is 2.80. The van der Waals surface area contributed by atoms with E-state index in [2.05, 4.69) is 10.5 Å². The third-order valence-electron chi connectivity index (χ3n) is 4.76. The SMILES string of the molecule is COc1ccc(/C=N\NC(=O)c2ccc(-c3ccccc3)cc2)c2ccccc12. The van der Waals surface area contributed by atoms with Gasteiger partial charge in [0, 0.05) is 16.5 Å². The van der Waals surface area contributed by atoms with Gasteiger partial charge in [0.15, 0.2) is 0 Å². The number of hydrogen-bond donors (Lipinski definition) is 1. The summed E-state index contributed by atoms with van der Waals surface area (Å²) in [6.07, 6.45) is 1.65. The number of ether oxygens (including phenoxy) is 1. The summed E-state index contributed by atoms with van der Waals surface area (Å²) in [6, 6.07) is 29.3. The second-order valence-corrected chi connectivity index (χ2v) is 6.55. The third-order valence-corrected chi connectivity index (χ3v) is 4.76. The molecule has 0 radical (unpaired) electrons. The molecule has 4 aromatic carbocycles. The first-order valence-corrected chi connectivity index (χ1v) is 9.31. The van der Waals surface area contributed by atoms with E-state index in [0.717, 1.165) is 33.2 Å². The molecule has 0 spiro atoms. The van der Waals surface area contributed by atoms with Crippen LogP contribution >= 0.6 is 0 Å². The second-order valence-electron chi connectivity index (χ2n) is 6.55. The van der Waals surface area contributed by atoms with Crippen LogP contribution in [0.1, 0.15) is 15.9 Å². The predicted octanol–water partition coefficient (Wildman–Crippen LogP) is 5.28. The van der Waals surface area contributed by atoms with Crippen LogP contribution in [0.4, 0.5) is 0 Å². The molecule has 0 atom stereocenters. The minimum Gasteiger partial charge on any atom is -0.496 e. The minimum atomic E-state index is -0.251. The Balaban J connectivity index is 1.49. The van der Waals surface area contributed by atoms with Crippen LogP contribution in [0.25, 0.3) is 21.9 Å². The summed E-state index contributed by atoms with van der Waals surface area (Å²) in [5.41, 5.74) is 6.24. The zero-order valence-electron chi connectivity index (χ0n) is 16.0. The molecule has 0 saturated carbocycles. The van der Waals surface area contributed by atoms with Gasteiger partial charge in [-0.25, -0.2) is 5.43 Å². The molecule has 29 heavy (non-hydrogen) atoms.